The summed E-state index contributed by atoms with van der Waals surface area (Å²) >= 11 is 1.54. The summed E-state index contributed by atoms with van der Waals surface area (Å²) in [6.45, 7) is 4.56. The lowest BCUT2D eigenvalue weighted by Crippen LogP contribution is -2.07. The van der Waals surface area contributed by atoms with E-state index in [4.69, 9.17) is 5.73 Å². The Kier molecular flexibility index (Phi) is 4.26. The first kappa shape index (κ1) is 14.8. The minimum absolute atomic E-state index is 0.348. The molecule has 0 bridgehead atoms. The average molecular weight is 314 g/mol. The van der Waals surface area contributed by atoms with Crippen LogP contribution in [-0.4, -0.2) is 25.2 Å². The van der Waals surface area contributed by atoms with Crippen LogP contribution in [0.15, 0.2) is 30.3 Å². The van der Waals surface area contributed by atoms with E-state index in [1.165, 1.54) is 5.56 Å². The van der Waals surface area contributed by atoms with Gasteiger partial charge in [-0.25, -0.2) is 0 Å². The third-order valence-electron chi connectivity index (χ3n) is 3.36. The second-order valence-electron chi connectivity index (χ2n) is 5.34. The molecule has 0 atom stereocenters. The fourth-order valence-electron chi connectivity index (χ4n) is 2.16. The summed E-state index contributed by atoms with van der Waals surface area (Å²) in [5.41, 5.74) is 8.76. The third kappa shape index (κ3) is 2.90. The van der Waals surface area contributed by atoms with Gasteiger partial charge in [0.2, 0.25) is 5.13 Å². The molecular formula is C15H18N6S. The molecular weight excluding hydrogens is 296 g/mol. The molecule has 0 fully saturated rings. The molecule has 0 amide bonds. The fourth-order valence-corrected chi connectivity index (χ4v) is 2.98. The molecule has 3 aromatic rings. The normalized spacial score (nSPS) is 11.3. The van der Waals surface area contributed by atoms with Crippen molar-refractivity contribution in [1.82, 2.24) is 25.2 Å². The van der Waals surface area contributed by atoms with Crippen LogP contribution < -0.4 is 5.73 Å². The Balaban J connectivity index is 1.99. The Hall–Kier alpha value is -2.12. The number of nitrogens with two attached hydrogens (primary N) is 1. The molecule has 0 aliphatic rings. The number of aromatic nitrogens is 5. The van der Waals surface area contributed by atoms with E-state index in [1.54, 1.807) is 16.0 Å². The fraction of sp³-hybridized carbons (Fsp3) is 0.333. The van der Waals surface area contributed by atoms with Crippen molar-refractivity contribution in [2.75, 3.05) is 0 Å². The van der Waals surface area contributed by atoms with Crippen LogP contribution in [0.5, 0.6) is 0 Å². The maximum atomic E-state index is 5.80. The zero-order valence-corrected chi connectivity index (χ0v) is 13.4. The summed E-state index contributed by atoms with van der Waals surface area (Å²) in [6, 6.07) is 10.2. The van der Waals surface area contributed by atoms with Gasteiger partial charge in [-0.15, -0.1) is 15.3 Å². The zero-order chi connectivity index (χ0) is 15.5. The number of hydrogen-bond donors (Lipinski definition) is 1. The molecule has 0 spiro atoms. The first-order valence-electron chi connectivity index (χ1n) is 7.20. The number of hydrogen-bond acceptors (Lipinski definition) is 6. The Bertz CT molecular complexity index is 746. The summed E-state index contributed by atoms with van der Waals surface area (Å²) < 4.78 is 1.76. The molecule has 0 radical (unpaired) electrons. The zero-order valence-electron chi connectivity index (χ0n) is 12.6. The van der Waals surface area contributed by atoms with E-state index in [0.717, 1.165) is 27.9 Å². The van der Waals surface area contributed by atoms with Crippen LogP contribution in [0.1, 0.15) is 41.7 Å². The Morgan fingerprint density at radius 1 is 1.14 bits per heavy atom. The van der Waals surface area contributed by atoms with Crippen LogP contribution in [0.2, 0.25) is 0 Å². The van der Waals surface area contributed by atoms with Gasteiger partial charge < -0.3 is 5.73 Å². The minimum atomic E-state index is 0.348. The lowest BCUT2D eigenvalue weighted by atomic mass is 10.1. The van der Waals surface area contributed by atoms with Crippen molar-refractivity contribution in [3.8, 4) is 5.13 Å². The van der Waals surface area contributed by atoms with Crippen LogP contribution in [-0.2, 0) is 13.0 Å². The molecule has 2 aromatic heterocycles. The molecule has 1 aromatic carbocycles. The van der Waals surface area contributed by atoms with E-state index in [9.17, 15) is 0 Å². The van der Waals surface area contributed by atoms with Crippen molar-refractivity contribution in [2.45, 2.75) is 32.7 Å². The van der Waals surface area contributed by atoms with E-state index in [1.807, 2.05) is 18.2 Å². The summed E-state index contributed by atoms with van der Waals surface area (Å²) in [4.78, 5) is 0. The molecule has 0 aliphatic carbocycles. The van der Waals surface area contributed by atoms with Crippen LogP contribution >= 0.6 is 11.3 Å². The van der Waals surface area contributed by atoms with Crippen molar-refractivity contribution in [2.24, 2.45) is 5.73 Å². The predicted octanol–water partition coefficient (Wildman–Crippen LogP) is 2.29. The van der Waals surface area contributed by atoms with Crippen LogP contribution in [0.4, 0.5) is 0 Å². The second-order valence-corrected chi connectivity index (χ2v) is 6.33. The lowest BCUT2D eigenvalue weighted by Gasteiger charge is -2.05. The lowest BCUT2D eigenvalue weighted by molar-refractivity contribution is 0.749. The average Bonchev–Trinajstić information content (AvgIpc) is 3.14. The first-order valence-corrected chi connectivity index (χ1v) is 8.02. The molecule has 2 heterocycles. The topological polar surface area (TPSA) is 82.5 Å². The van der Waals surface area contributed by atoms with Gasteiger partial charge in [-0.1, -0.05) is 60.7 Å². The van der Waals surface area contributed by atoms with Crippen LogP contribution in [0, 0.1) is 0 Å². The van der Waals surface area contributed by atoms with E-state index < -0.39 is 0 Å². The van der Waals surface area contributed by atoms with Crippen LogP contribution in [0.3, 0.4) is 0 Å². The summed E-state index contributed by atoms with van der Waals surface area (Å²) in [5, 5.41) is 18.6. The van der Waals surface area contributed by atoms with E-state index >= 15 is 0 Å². The summed E-state index contributed by atoms with van der Waals surface area (Å²) in [7, 11) is 0. The molecule has 114 valence electrons. The quantitative estimate of drug-likeness (QED) is 0.781. The number of nitrogens with zero attached hydrogens (tertiary/aromatic N) is 5. The molecule has 0 aliphatic heterocycles. The third-order valence-corrected chi connectivity index (χ3v) is 4.56. The molecule has 22 heavy (non-hydrogen) atoms. The van der Waals surface area contributed by atoms with Gasteiger partial charge in [0.05, 0.1) is 5.69 Å². The SMILES string of the molecule is CC(C)c1nnc(-n2nnc(CN)c2Cc2ccccc2)s1. The van der Waals surface area contributed by atoms with Gasteiger partial charge in [-0.3, -0.25) is 0 Å². The van der Waals surface area contributed by atoms with Crippen molar-refractivity contribution in [1.29, 1.82) is 0 Å². The van der Waals surface area contributed by atoms with Crippen LogP contribution in [0.25, 0.3) is 5.13 Å². The van der Waals surface area contributed by atoms with E-state index in [2.05, 4.69) is 46.5 Å². The molecule has 6 nitrogen and oxygen atoms in total. The molecule has 0 unspecified atom stereocenters. The highest BCUT2D eigenvalue weighted by Gasteiger charge is 2.17. The highest BCUT2D eigenvalue weighted by molar-refractivity contribution is 7.13. The van der Waals surface area contributed by atoms with Crippen molar-refractivity contribution in [3.05, 3.63) is 52.3 Å². The smallest absolute Gasteiger partial charge is 0.234 e. The monoisotopic (exact) mass is 314 g/mol. The number of rotatable bonds is 5. The largest absolute Gasteiger partial charge is 0.325 e. The highest BCUT2D eigenvalue weighted by atomic mass is 32.1. The van der Waals surface area contributed by atoms with Gasteiger partial charge in [0, 0.05) is 18.9 Å². The van der Waals surface area contributed by atoms with Gasteiger partial charge in [0.1, 0.15) is 10.7 Å². The molecule has 0 saturated carbocycles. The second kappa shape index (κ2) is 6.33. The van der Waals surface area contributed by atoms with Gasteiger partial charge >= 0.3 is 0 Å². The van der Waals surface area contributed by atoms with Gasteiger partial charge in [-0.2, -0.15) is 4.68 Å². The van der Waals surface area contributed by atoms with Crippen molar-refractivity contribution >= 4 is 11.3 Å². The Labute approximate surface area is 133 Å². The standard InChI is InChI=1S/C15H18N6S/c1-10(2)14-18-19-15(22-14)21-13(12(9-16)17-20-21)8-11-6-4-3-5-7-11/h3-7,10H,8-9,16H2,1-2H3. The number of benzene rings is 1. The maximum Gasteiger partial charge on any atom is 0.234 e. The first-order chi connectivity index (χ1) is 10.7. The predicted molar refractivity (Wildman–Crippen MR) is 86.1 cm³/mol. The maximum absolute atomic E-state index is 5.80. The summed E-state index contributed by atoms with van der Waals surface area (Å²) in [6.07, 6.45) is 0.719. The van der Waals surface area contributed by atoms with Gasteiger partial charge in [-0.05, 0) is 5.56 Å². The molecule has 0 saturated heterocycles. The minimum Gasteiger partial charge on any atom is -0.325 e. The van der Waals surface area contributed by atoms with Crippen molar-refractivity contribution < 1.29 is 0 Å². The van der Waals surface area contributed by atoms with Crippen molar-refractivity contribution in [3.63, 3.8) is 0 Å². The summed E-state index contributed by atoms with van der Waals surface area (Å²) in [5.74, 6) is 0.348. The van der Waals surface area contributed by atoms with Gasteiger partial charge in [0.25, 0.3) is 0 Å². The molecule has 7 heteroatoms. The Morgan fingerprint density at radius 3 is 2.55 bits per heavy atom. The molecule has 3 rings (SSSR count). The van der Waals surface area contributed by atoms with E-state index in [0.29, 0.717) is 12.5 Å². The van der Waals surface area contributed by atoms with E-state index in [-0.39, 0.29) is 0 Å². The highest BCUT2D eigenvalue weighted by Crippen LogP contribution is 2.23. The Morgan fingerprint density at radius 2 is 1.91 bits per heavy atom. The molecule has 2 N–H and O–H groups in total. The van der Waals surface area contributed by atoms with Gasteiger partial charge in [0.15, 0.2) is 0 Å².